The maximum atomic E-state index is 13.3. The van der Waals surface area contributed by atoms with Crippen LogP contribution < -0.4 is 0 Å². The molecule has 0 aliphatic heterocycles. The molecule has 2 atom stereocenters. The lowest BCUT2D eigenvalue weighted by Gasteiger charge is -2.18. The van der Waals surface area contributed by atoms with Crippen LogP contribution in [0.2, 0.25) is 0 Å². The maximum Gasteiger partial charge on any atom is 0.129 e. The van der Waals surface area contributed by atoms with Gasteiger partial charge in [0.1, 0.15) is 11.6 Å². The zero-order valence-corrected chi connectivity index (χ0v) is 9.41. The van der Waals surface area contributed by atoms with Crippen molar-refractivity contribution in [2.75, 3.05) is 13.7 Å². The molecule has 1 rings (SSSR count). The Morgan fingerprint density at radius 3 is 2.38 bits per heavy atom. The second-order valence-corrected chi connectivity index (χ2v) is 3.90. The number of rotatable bonds is 5. The molecule has 0 aromatic heterocycles. The second-order valence-electron chi connectivity index (χ2n) is 3.90. The number of hydrogen-bond acceptors (Lipinski definition) is 2. The van der Waals surface area contributed by atoms with Crippen LogP contribution in [0, 0.1) is 17.6 Å². The highest BCUT2D eigenvalue weighted by molar-refractivity contribution is 5.20. The van der Waals surface area contributed by atoms with Crippen molar-refractivity contribution in [1.82, 2.24) is 0 Å². The van der Waals surface area contributed by atoms with Gasteiger partial charge in [-0.1, -0.05) is 13.0 Å². The normalized spacial score (nSPS) is 14.8. The van der Waals surface area contributed by atoms with Gasteiger partial charge in [0, 0.05) is 25.0 Å². The van der Waals surface area contributed by atoms with Crippen molar-refractivity contribution in [3.8, 4) is 0 Å². The minimum absolute atomic E-state index is 0.0387. The lowest BCUT2D eigenvalue weighted by Crippen LogP contribution is -2.25. The molecule has 16 heavy (non-hydrogen) atoms. The summed E-state index contributed by atoms with van der Waals surface area (Å²) in [4.78, 5) is 0. The van der Waals surface area contributed by atoms with E-state index in [2.05, 4.69) is 0 Å². The van der Waals surface area contributed by atoms with E-state index < -0.39 is 17.7 Å². The first kappa shape index (κ1) is 13.1. The summed E-state index contributed by atoms with van der Waals surface area (Å²) in [6, 6.07) is 3.68. The van der Waals surface area contributed by atoms with Gasteiger partial charge in [-0.3, -0.25) is 0 Å². The third-order valence-electron chi connectivity index (χ3n) is 2.56. The van der Waals surface area contributed by atoms with Gasteiger partial charge in [0.25, 0.3) is 0 Å². The molecule has 1 N–H and O–H groups in total. The van der Waals surface area contributed by atoms with E-state index in [1.807, 2.05) is 0 Å². The first-order chi connectivity index (χ1) is 7.56. The van der Waals surface area contributed by atoms with E-state index in [4.69, 9.17) is 4.74 Å². The molecule has 0 aliphatic rings. The van der Waals surface area contributed by atoms with Crippen LogP contribution in [0.3, 0.4) is 0 Å². The van der Waals surface area contributed by atoms with Crippen LogP contribution in [0.5, 0.6) is 0 Å². The Balaban J connectivity index is 2.72. The zero-order valence-electron chi connectivity index (χ0n) is 9.41. The smallest absolute Gasteiger partial charge is 0.129 e. The quantitative estimate of drug-likeness (QED) is 0.839. The summed E-state index contributed by atoms with van der Waals surface area (Å²) in [6.07, 6.45) is -0.852. The Hall–Kier alpha value is -1.00. The summed E-state index contributed by atoms with van der Waals surface area (Å²) in [6.45, 7) is 2.13. The topological polar surface area (TPSA) is 29.5 Å². The predicted octanol–water partition coefficient (Wildman–Crippen LogP) is 2.15. The Bertz CT molecular complexity index is 322. The average Bonchev–Trinajstić information content (AvgIpc) is 2.23. The first-order valence-electron chi connectivity index (χ1n) is 5.16. The molecule has 0 bridgehead atoms. The monoisotopic (exact) mass is 230 g/mol. The molecule has 0 fully saturated rings. The van der Waals surface area contributed by atoms with Gasteiger partial charge in [-0.05, 0) is 12.1 Å². The highest BCUT2D eigenvalue weighted by atomic mass is 19.1. The number of methoxy groups -OCH3 is 1. The van der Waals surface area contributed by atoms with Crippen molar-refractivity contribution in [2.24, 2.45) is 5.92 Å². The number of halogens is 2. The maximum absolute atomic E-state index is 13.3. The van der Waals surface area contributed by atoms with E-state index in [9.17, 15) is 13.9 Å². The van der Waals surface area contributed by atoms with Crippen LogP contribution in [0.4, 0.5) is 8.78 Å². The standard InChI is InChI=1S/C12H16F2O2/c1-8(7-16-2)12(15)6-9-10(13)4-3-5-11(9)14/h3-5,8,12,15H,6-7H2,1-2H3. The number of aliphatic hydroxyl groups is 1. The Kier molecular flexibility index (Phi) is 4.83. The highest BCUT2D eigenvalue weighted by Crippen LogP contribution is 2.17. The molecular formula is C12H16F2O2. The molecule has 0 amide bonds. The van der Waals surface area contributed by atoms with Crippen molar-refractivity contribution < 1.29 is 18.6 Å². The van der Waals surface area contributed by atoms with E-state index in [-0.39, 0.29) is 17.9 Å². The lowest BCUT2D eigenvalue weighted by molar-refractivity contribution is 0.0564. The van der Waals surface area contributed by atoms with E-state index in [1.54, 1.807) is 6.92 Å². The SMILES string of the molecule is COCC(C)C(O)Cc1c(F)cccc1F. The van der Waals surface area contributed by atoms with Crippen LogP contribution in [0.15, 0.2) is 18.2 Å². The van der Waals surface area contributed by atoms with Gasteiger partial charge in [-0.2, -0.15) is 0 Å². The number of hydrogen-bond donors (Lipinski definition) is 1. The Labute approximate surface area is 93.9 Å². The second kappa shape index (κ2) is 5.92. The molecule has 0 saturated heterocycles. The van der Waals surface area contributed by atoms with Crippen molar-refractivity contribution in [3.05, 3.63) is 35.4 Å². The molecule has 2 nitrogen and oxygen atoms in total. The predicted molar refractivity (Wildman–Crippen MR) is 57.1 cm³/mol. The molecule has 90 valence electrons. The van der Waals surface area contributed by atoms with E-state index in [0.717, 1.165) is 0 Å². The highest BCUT2D eigenvalue weighted by Gasteiger charge is 2.18. The zero-order chi connectivity index (χ0) is 12.1. The summed E-state index contributed by atoms with van der Waals surface area (Å²) < 4.78 is 31.4. The van der Waals surface area contributed by atoms with Gasteiger partial charge in [-0.25, -0.2) is 8.78 Å². The summed E-state index contributed by atoms with van der Waals surface area (Å²) >= 11 is 0. The van der Waals surface area contributed by atoms with Gasteiger partial charge in [0.2, 0.25) is 0 Å². The molecule has 1 aromatic rings. The Morgan fingerprint density at radius 1 is 1.31 bits per heavy atom. The first-order valence-corrected chi connectivity index (χ1v) is 5.16. The van der Waals surface area contributed by atoms with E-state index >= 15 is 0 Å². The largest absolute Gasteiger partial charge is 0.392 e. The third kappa shape index (κ3) is 3.25. The van der Waals surface area contributed by atoms with Crippen molar-refractivity contribution in [3.63, 3.8) is 0 Å². The van der Waals surface area contributed by atoms with Crippen molar-refractivity contribution in [2.45, 2.75) is 19.4 Å². The van der Waals surface area contributed by atoms with Gasteiger partial charge in [-0.15, -0.1) is 0 Å². The molecule has 0 aliphatic carbocycles. The van der Waals surface area contributed by atoms with Crippen LogP contribution in [-0.2, 0) is 11.2 Å². The number of benzene rings is 1. The summed E-state index contributed by atoms with van der Waals surface area (Å²) in [5.41, 5.74) is -0.0713. The third-order valence-corrected chi connectivity index (χ3v) is 2.56. The fourth-order valence-electron chi connectivity index (χ4n) is 1.51. The summed E-state index contributed by atoms with van der Waals surface area (Å²) in [5, 5.41) is 9.74. The molecule has 4 heteroatoms. The minimum atomic E-state index is -0.814. The van der Waals surface area contributed by atoms with E-state index in [0.29, 0.717) is 6.61 Å². The number of ether oxygens (including phenoxy) is 1. The molecule has 0 saturated carbocycles. The van der Waals surface area contributed by atoms with Gasteiger partial charge >= 0.3 is 0 Å². The van der Waals surface area contributed by atoms with Crippen LogP contribution in [0.25, 0.3) is 0 Å². The molecule has 0 radical (unpaired) electrons. The number of aliphatic hydroxyl groups excluding tert-OH is 1. The van der Waals surface area contributed by atoms with E-state index in [1.165, 1.54) is 25.3 Å². The van der Waals surface area contributed by atoms with Crippen LogP contribution in [-0.4, -0.2) is 24.9 Å². The minimum Gasteiger partial charge on any atom is -0.392 e. The fourth-order valence-corrected chi connectivity index (χ4v) is 1.51. The molecule has 2 unspecified atom stereocenters. The van der Waals surface area contributed by atoms with Crippen LogP contribution in [0.1, 0.15) is 12.5 Å². The molecule has 0 heterocycles. The lowest BCUT2D eigenvalue weighted by atomic mass is 9.98. The van der Waals surface area contributed by atoms with Crippen LogP contribution >= 0.6 is 0 Å². The molecular weight excluding hydrogens is 214 g/mol. The molecule has 1 aromatic carbocycles. The van der Waals surface area contributed by atoms with Gasteiger partial charge < -0.3 is 9.84 Å². The van der Waals surface area contributed by atoms with Crippen molar-refractivity contribution >= 4 is 0 Å². The fraction of sp³-hybridized carbons (Fsp3) is 0.500. The molecule has 0 spiro atoms. The van der Waals surface area contributed by atoms with Gasteiger partial charge in [0.05, 0.1) is 12.7 Å². The summed E-state index contributed by atoms with van der Waals surface area (Å²) in [7, 11) is 1.52. The van der Waals surface area contributed by atoms with Gasteiger partial charge in [0.15, 0.2) is 0 Å². The average molecular weight is 230 g/mol. The summed E-state index contributed by atoms with van der Waals surface area (Å²) in [5.74, 6) is -1.41. The Morgan fingerprint density at radius 2 is 1.88 bits per heavy atom. The van der Waals surface area contributed by atoms with Crippen molar-refractivity contribution in [1.29, 1.82) is 0 Å².